The van der Waals surface area contributed by atoms with Gasteiger partial charge in [0, 0.05) is 26.1 Å². The van der Waals surface area contributed by atoms with Crippen LogP contribution in [0.1, 0.15) is 90.4 Å². The SMILES string of the molecule is C1=C\CCCC(N2CCCCC/C=N/CCC2)CCCCC/1.CC(=O)O.[NaH]. The molecular weight excluding hydrogens is 347 g/mol. The van der Waals surface area contributed by atoms with E-state index in [9.17, 15) is 0 Å². The Balaban J connectivity index is 0.00000123. The number of hydrogen-bond donors (Lipinski definition) is 1. The summed E-state index contributed by atoms with van der Waals surface area (Å²) in [7, 11) is 0. The van der Waals surface area contributed by atoms with Crippen LogP contribution in [0.3, 0.4) is 0 Å². The molecule has 0 aromatic heterocycles. The van der Waals surface area contributed by atoms with Crippen LogP contribution in [0.2, 0.25) is 0 Å². The number of rotatable bonds is 1. The zero-order valence-corrected chi connectivity index (χ0v) is 16.9. The van der Waals surface area contributed by atoms with E-state index in [-0.39, 0.29) is 29.6 Å². The van der Waals surface area contributed by atoms with Crippen LogP contribution in [0.15, 0.2) is 17.1 Å². The van der Waals surface area contributed by atoms with Crippen molar-refractivity contribution in [3.63, 3.8) is 0 Å². The van der Waals surface area contributed by atoms with Crippen LogP contribution in [0.25, 0.3) is 0 Å². The van der Waals surface area contributed by atoms with Crippen molar-refractivity contribution in [1.29, 1.82) is 0 Å². The molecule has 1 aliphatic heterocycles. The predicted molar refractivity (Wildman–Crippen MR) is 118 cm³/mol. The van der Waals surface area contributed by atoms with Gasteiger partial charge in [-0.05, 0) is 77.0 Å². The molecule has 2 rings (SSSR count). The first-order chi connectivity index (χ1) is 12.7. The second kappa shape index (κ2) is 19.2. The summed E-state index contributed by atoms with van der Waals surface area (Å²) in [6.45, 7) is 4.70. The standard InChI is InChI=1S/C20H36N2.C2H4O2.Na.H/c1-2-4-6-10-15-20(14-9-5-3-1)22-18-12-8-7-11-16-21-17-13-19-22;1-2(3)4;;/h1,3,16,20H,2,4-15,17-19H2;1H3,(H,3,4);;/b3-1-,21-16+;;;. The second-order valence-electron chi connectivity index (χ2n) is 7.54. The fourth-order valence-corrected chi connectivity index (χ4v) is 3.79. The van der Waals surface area contributed by atoms with E-state index in [4.69, 9.17) is 9.90 Å². The number of nitrogens with zero attached hydrogens (tertiary/aromatic N) is 2. The van der Waals surface area contributed by atoms with Crippen LogP contribution in [0.5, 0.6) is 0 Å². The van der Waals surface area contributed by atoms with E-state index in [0.717, 1.165) is 19.5 Å². The number of hydrogen-bond acceptors (Lipinski definition) is 3. The summed E-state index contributed by atoms with van der Waals surface area (Å²) < 4.78 is 0. The first-order valence-electron chi connectivity index (χ1n) is 10.8. The number of carboxylic acids is 1. The summed E-state index contributed by atoms with van der Waals surface area (Å²) in [6.07, 6.45) is 24.5. The van der Waals surface area contributed by atoms with Crippen LogP contribution >= 0.6 is 0 Å². The minimum atomic E-state index is -0.833. The number of carbonyl (C=O) groups is 1. The fraction of sp³-hybridized carbons (Fsp3) is 0.818. The number of aliphatic carboxylic acids is 1. The zero-order chi connectivity index (χ0) is 18.9. The Morgan fingerprint density at radius 3 is 2.26 bits per heavy atom. The van der Waals surface area contributed by atoms with Gasteiger partial charge in [-0.1, -0.05) is 31.4 Å². The topological polar surface area (TPSA) is 52.9 Å². The molecule has 0 amide bonds. The Hall–Kier alpha value is -0.160. The summed E-state index contributed by atoms with van der Waals surface area (Å²) >= 11 is 0. The van der Waals surface area contributed by atoms with Gasteiger partial charge in [-0.15, -0.1) is 0 Å². The molecule has 152 valence electrons. The van der Waals surface area contributed by atoms with Gasteiger partial charge in [0.25, 0.3) is 5.97 Å². The van der Waals surface area contributed by atoms with Gasteiger partial charge >= 0.3 is 29.6 Å². The molecule has 1 heterocycles. The Kier molecular flexibility index (Phi) is 19.1. The van der Waals surface area contributed by atoms with Crippen molar-refractivity contribution in [2.75, 3.05) is 19.6 Å². The van der Waals surface area contributed by atoms with Gasteiger partial charge in [0.15, 0.2) is 0 Å². The minimum absolute atomic E-state index is 0. The van der Waals surface area contributed by atoms with E-state index < -0.39 is 5.97 Å². The van der Waals surface area contributed by atoms with Gasteiger partial charge in [0.2, 0.25) is 0 Å². The molecule has 1 N–H and O–H groups in total. The average Bonchev–Trinajstić information content (AvgIpc) is 2.70. The Bertz CT molecular complexity index is 377. The van der Waals surface area contributed by atoms with Crippen molar-refractivity contribution >= 4 is 41.7 Å². The van der Waals surface area contributed by atoms with E-state index in [1.165, 1.54) is 96.6 Å². The molecular formula is C22H41N2NaO2. The van der Waals surface area contributed by atoms with Crippen molar-refractivity contribution in [3.05, 3.63) is 12.2 Å². The van der Waals surface area contributed by atoms with Gasteiger partial charge < -0.3 is 10.0 Å². The molecule has 2 aliphatic rings. The van der Waals surface area contributed by atoms with Gasteiger partial charge in [0.05, 0.1) is 0 Å². The van der Waals surface area contributed by atoms with Gasteiger partial charge in [-0.25, -0.2) is 0 Å². The Labute approximate surface area is 189 Å². The van der Waals surface area contributed by atoms with Crippen molar-refractivity contribution in [3.8, 4) is 0 Å². The maximum atomic E-state index is 9.00. The number of aliphatic imine (C=N–C) groups is 1. The summed E-state index contributed by atoms with van der Waals surface area (Å²) in [5.74, 6) is -0.833. The van der Waals surface area contributed by atoms with Crippen LogP contribution in [0.4, 0.5) is 0 Å². The average molecular weight is 389 g/mol. The van der Waals surface area contributed by atoms with E-state index in [1.807, 2.05) is 0 Å². The van der Waals surface area contributed by atoms with Crippen molar-refractivity contribution in [1.82, 2.24) is 4.90 Å². The van der Waals surface area contributed by atoms with Crippen LogP contribution in [-0.4, -0.2) is 77.4 Å². The first kappa shape index (κ1) is 26.8. The molecule has 0 saturated carbocycles. The van der Waals surface area contributed by atoms with Gasteiger partial charge in [-0.3, -0.25) is 9.79 Å². The van der Waals surface area contributed by atoms with Crippen LogP contribution < -0.4 is 0 Å². The molecule has 27 heavy (non-hydrogen) atoms. The van der Waals surface area contributed by atoms with Gasteiger partial charge in [0.1, 0.15) is 0 Å². The Morgan fingerprint density at radius 1 is 0.889 bits per heavy atom. The summed E-state index contributed by atoms with van der Waals surface area (Å²) in [4.78, 5) is 16.4. The third kappa shape index (κ3) is 16.5. The summed E-state index contributed by atoms with van der Waals surface area (Å²) in [5.41, 5.74) is 0. The van der Waals surface area contributed by atoms with Gasteiger partial charge in [-0.2, -0.15) is 0 Å². The molecule has 1 unspecified atom stereocenters. The van der Waals surface area contributed by atoms with Crippen LogP contribution in [-0.2, 0) is 4.79 Å². The predicted octanol–water partition coefficient (Wildman–Crippen LogP) is 4.82. The maximum absolute atomic E-state index is 9.00. The third-order valence-electron chi connectivity index (χ3n) is 5.14. The molecule has 0 aromatic rings. The van der Waals surface area contributed by atoms with Crippen LogP contribution in [0, 0.1) is 0 Å². The second-order valence-corrected chi connectivity index (χ2v) is 7.54. The molecule has 0 spiro atoms. The number of carboxylic acid groups (broad SMARTS) is 1. The van der Waals surface area contributed by atoms with E-state index >= 15 is 0 Å². The summed E-state index contributed by atoms with van der Waals surface area (Å²) in [5, 5.41) is 7.42. The zero-order valence-electron chi connectivity index (χ0n) is 16.9. The van der Waals surface area contributed by atoms with Crippen molar-refractivity contribution in [2.24, 2.45) is 4.99 Å². The first-order valence-corrected chi connectivity index (χ1v) is 10.8. The molecule has 1 aliphatic carbocycles. The molecule has 0 aromatic carbocycles. The molecule has 0 radical (unpaired) electrons. The molecule has 0 bridgehead atoms. The fourth-order valence-electron chi connectivity index (χ4n) is 3.79. The normalized spacial score (nSPS) is 25.9. The molecule has 4 nitrogen and oxygen atoms in total. The van der Waals surface area contributed by atoms with E-state index in [2.05, 4.69) is 28.3 Å². The quantitative estimate of drug-likeness (QED) is 0.517. The van der Waals surface area contributed by atoms with E-state index in [0.29, 0.717) is 0 Å². The third-order valence-corrected chi connectivity index (χ3v) is 5.14. The monoisotopic (exact) mass is 388 g/mol. The molecule has 5 heteroatoms. The molecule has 0 fully saturated rings. The number of allylic oxidation sites excluding steroid dienone is 2. The summed E-state index contributed by atoms with van der Waals surface area (Å²) in [6, 6.07) is 0.830. The molecule has 1 atom stereocenters. The van der Waals surface area contributed by atoms with Crippen molar-refractivity contribution < 1.29 is 9.90 Å². The molecule has 0 saturated heterocycles. The Morgan fingerprint density at radius 2 is 1.48 bits per heavy atom. The van der Waals surface area contributed by atoms with E-state index in [1.54, 1.807) is 0 Å². The van der Waals surface area contributed by atoms with Crippen molar-refractivity contribution in [2.45, 2.75) is 96.4 Å².